The summed E-state index contributed by atoms with van der Waals surface area (Å²) in [6.45, 7) is 0. The molecule has 3 atom stereocenters. The van der Waals surface area contributed by atoms with Gasteiger partial charge in [0, 0.05) is 0 Å². The number of rotatable bonds is 0. The molecule has 2 heterocycles. The first-order valence-electron chi connectivity index (χ1n) is 6.21. The van der Waals surface area contributed by atoms with Crippen molar-refractivity contribution in [1.82, 2.24) is 0 Å². The van der Waals surface area contributed by atoms with Crippen LogP contribution in [0.4, 0.5) is 0 Å². The van der Waals surface area contributed by atoms with Gasteiger partial charge in [0.1, 0.15) is 4.51 Å². The van der Waals surface area contributed by atoms with E-state index in [1.807, 2.05) is 0 Å². The first-order chi connectivity index (χ1) is 7.21. The first kappa shape index (κ1) is 12.4. The molecule has 0 spiro atoms. The topological polar surface area (TPSA) is 9.23 Å². The van der Waals surface area contributed by atoms with Crippen molar-refractivity contribution in [1.29, 1.82) is 0 Å². The molecule has 2 saturated heterocycles. The third-order valence-corrected chi connectivity index (χ3v) is 6.57. The number of hydrogen-bond acceptors (Lipinski definition) is 1. The van der Waals surface area contributed by atoms with E-state index in [2.05, 4.69) is 31.9 Å². The lowest BCUT2D eigenvalue weighted by molar-refractivity contribution is 0.0210. The molecule has 2 fully saturated rings. The minimum Gasteiger partial charge on any atom is -0.359 e. The highest BCUT2D eigenvalue weighted by Gasteiger charge is 2.42. The lowest BCUT2D eigenvalue weighted by atomic mass is 10.0. The summed E-state index contributed by atoms with van der Waals surface area (Å²) in [6, 6.07) is 0. The van der Waals surface area contributed by atoms with Gasteiger partial charge >= 0.3 is 0 Å². The molecule has 3 unspecified atom stereocenters. The second-order valence-electron chi connectivity index (χ2n) is 4.88. The van der Waals surface area contributed by atoms with Crippen LogP contribution in [0, 0.1) is 0 Å². The summed E-state index contributed by atoms with van der Waals surface area (Å²) < 4.78 is 6.10. The fourth-order valence-corrected chi connectivity index (χ4v) is 4.01. The number of hydrogen-bond donors (Lipinski definition) is 0. The van der Waals surface area contributed by atoms with Gasteiger partial charge in [0.2, 0.25) is 0 Å². The highest BCUT2D eigenvalue weighted by Crippen LogP contribution is 2.44. The van der Waals surface area contributed by atoms with Crippen LogP contribution in [-0.2, 0) is 4.74 Å². The summed E-state index contributed by atoms with van der Waals surface area (Å²) in [5, 5.41) is 0. The Labute approximate surface area is 110 Å². The Morgan fingerprint density at radius 3 is 2.40 bits per heavy atom. The van der Waals surface area contributed by atoms with Gasteiger partial charge in [0.15, 0.2) is 0 Å². The van der Waals surface area contributed by atoms with Gasteiger partial charge in [-0.2, -0.15) is 0 Å². The van der Waals surface area contributed by atoms with E-state index < -0.39 is 0 Å². The average Bonchev–Trinajstić information content (AvgIpc) is 2.58. The SMILES string of the molecule is BrC1CCCCCCCC2CCC1(Br)O2. The van der Waals surface area contributed by atoms with Gasteiger partial charge in [-0.1, -0.05) is 64.0 Å². The molecular weight excluding hydrogens is 320 g/mol. The third kappa shape index (κ3) is 3.19. The summed E-state index contributed by atoms with van der Waals surface area (Å²) in [7, 11) is 0. The van der Waals surface area contributed by atoms with Crippen molar-refractivity contribution in [2.24, 2.45) is 0 Å². The van der Waals surface area contributed by atoms with E-state index in [1.165, 1.54) is 51.4 Å². The minimum absolute atomic E-state index is 0.0675. The molecule has 0 radical (unpaired) electrons. The minimum atomic E-state index is -0.0675. The van der Waals surface area contributed by atoms with Gasteiger partial charge in [0.05, 0.1) is 10.9 Å². The first-order valence-corrected chi connectivity index (χ1v) is 7.92. The van der Waals surface area contributed by atoms with Crippen molar-refractivity contribution in [3.63, 3.8) is 0 Å². The molecule has 2 bridgehead atoms. The zero-order valence-electron chi connectivity index (χ0n) is 9.18. The smallest absolute Gasteiger partial charge is 0.135 e. The van der Waals surface area contributed by atoms with E-state index in [9.17, 15) is 0 Å². The predicted octanol–water partition coefficient (Wildman–Crippen LogP) is 4.76. The fourth-order valence-electron chi connectivity index (χ4n) is 2.63. The van der Waals surface area contributed by atoms with E-state index in [0.29, 0.717) is 10.9 Å². The van der Waals surface area contributed by atoms with Crippen LogP contribution >= 0.6 is 31.9 Å². The predicted molar refractivity (Wildman–Crippen MR) is 70.8 cm³/mol. The molecule has 0 N–H and O–H groups in total. The molecule has 2 rings (SSSR count). The Morgan fingerprint density at radius 2 is 1.60 bits per heavy atom. The van der Waals surface area contributed by atoms with E-state index in [-0.39, 0.29) is 4.51 Å². The van der Waals surface area contributed by atoms with Crippen molar-refractivity contribution < 1.29 is 4.74 Å². The molecular formula is C12H20Br2O. The number of ether oxygens (including phenoxy) is 1. The fraction of sp³-hybridized carbons (Fsp3) is 1.00. The monoisotopic (exact) mass is 338 g/mol. The van der Waals surface area contributed by atoms with E-state index in [4.69, 9.17) is 4.74 Å². The highest BCUT2D eigenvalue weighted by molar-refractivity contribution is 9.12. The Bertz CT molecular complexity index is 210. The van der Waals surface area contributed by atoms with E-state index in [0.717, 1.165) is 6.42 Å². The Morgan fingerprint density at radius 1 is 0.933 bits per heavy atom. The maximum absolute atomic E-state index is 6.16. The van der Waals surface area contributed by atoms with Crippen molar-refractivity contribution in [2.45, 2.75) is 73.2 Å². The Hall–Kier alpha value is 0.920. The molecule has 0 aromatic rings. The van der Waals surface area contributed by atoms with Crippen LogP contribution in [0.25, 0.3) is 0 Å². The zero-order chi connectivity index (χ0) is 10.7. The quantitative estimate of drug-likeness (QED) is 0.578. The standard InChI is InChI=1S/C12H20Br2O/c13-11-7-5-3-1-2-4-6-10-8-9-12(11,14)15-10/h10-11H,1-9H2. The average molecular weight is 340 g/mol. The van der Waals surface area contributed by atoms with Crippen LogP contribution in [0.1, 0.15) is 57.8 Å². The largest absolute Gasteiger partial charge is 0.359 e. The molecule has 0 saturated carbocycles. The van der Waals surface area contributed by atoms with Crippen molar-refractivity contribution >= 4 is 31.9 Å². The molecule has 2 aliphatic rings. The second-order valence-corrected chi connectivity index (χ2v) is 7.33. The lowest BCUT2D eigenvalue weighted by Crippen LogP contribution is -2.32. The summed E-state index contributed by atoms with van der Waals surface area (Å²) in [6.07, 6.45) is 12.2. The van der Waals surface area contributed by atoms with Gasteiger partial charge in [-0.05, 0) is 25.7 Å². The van der Waals surface area contributed by atoms with Gasteiger partial charge < -0.3 is 4.74 Å². The molecule has 3 heteroatoms. The van der Waals surface area contributed by atoms with Crippen LogP contribution in [-0.4, -0.2) is 15.4 Å². The number of alkyl halides is 2. The van der Waals surface area contributed by atoms with Crippen LogP contribution in [0.3, 0.4) is 0 Å². The number of halogens is 2. The maximum atomic E-state index is 6.16. The second kappa shape index (κ2) is 5.50. The third-order valence-electron chi connectivity index (χ3n) is 3.62. The van der Waals surface area contributed by atoms with Crippen molar-refractivity contribution in [3.05, 3.63) is 0 Å². The Kier molecular flexibility index (Phi) is 4.54. The summed E-state index contributed by atoms with van der Waals surface area (Å²) in [4.78, 5) is 0.480. The summed E-state index contributed by atoms with van der Waals surface area (Å²) >= 11 is 7.60. The highest BCUT2D eigenvalue weighted by atomic mass is 79.9. The van der Waals surface area contributed by atoms with Crippen LogP contribution in [0.2, 0.25) is 0 Å². The van der Waals surface area contributed by atoms with E-state index >= 15 is 0 Å². The normalized spacial score (nSPS) is 43.6. The Balaban J connectivity index is 1.98. The van der Waals surface area contributed by atoms with Crippen LogP contribution < -0.4 is 0 Å². The zero-order valence-corrected chi connectivity index (χ0v) is 12.4. The summed E-state index contributed by atoms with van der Waals surface area (Å²) in [5.74, 6) is 0. The summed E-state index contributed by atoms with van der Waals surface area (Å²) in [5.41, 5.74) is 0. The number of fused-ring (bicyclic) bond motifs is 2. The lowest BCUT2D eigenvalue weighted by Gasteiger charge is -2.28. The molecule has 0 aromatic carbocycles. The van der Waals surface area contributed by atoms with E-state index in [1.54, 1.807) is 0 Å². The van der Waals surface area contributed by atoms with Gasteiger partial charge in [-0.15, -0.1) is 0 Å². The van der Waals surface area contributed by atoms with Gasteiger partial charge in [-0.3, -0.25) is 0 Å². The molecule has 15 heavy (non-hydrogen) atoms. The molecule has 88 valence electrons. The van der Waals surface area contributed by atoms with Crippen LogP contribution in [0.5, 0.6) is 0 Å². The van der Waals surface area contributed by atoms with Crippen LogP contribution in [0.15, 0.2) is 0 Å². The van der Waals surface area contributed by atoms with Gasteiger partial charge in [0.25, 0.3) is 0 Å². The molecule has 2 aliphatic heterocycles. The molecule has 0 aromatic heterocycles. The molecule has 1 nitrogen and oxygen atoms in total. The van der Waals surface area contributed by atoms with Gasteiger partial charge in [-0.25, -0.2) is 0 Å². The molecule has 0 amide bonds. The molecule has 0 aliphatic carbocycles. The van der Waals surface area contributed by atoms with Crippen molar-refractivity contribution in [3.8, 4) is 0 Å². The van der Waals surface area contributed by atoms with Crippen molar-refractivity contribution in [2.75, 3.05) is 0 Å². The maximum Gasteiger partial charge on any atom is 0.135 e.